The molecule has 0 amide bonds. The van der Waals surface area contributed by atoms with Gasteiger partial charge in [0.1, 0.15) is 7.05 Å². The molecule has 3 aromatic carbocycles. The van der Waals surface area contributed by atoms with Crippen LogP contribution in [0.15, 0.2) is 102 Å². The Bertz CT molecular complexity index is 1190. The second kappa shape index (κ2) is 7.66. The molecule has 5 rings (SSSR count). The highest BCUT2D eigenvalue weighted by Gasteiger charge is 2.42. The van der Waals surface area contributed by atoms with Gasteiger partial charge < -0.3 is 0 Å². The first-order valence-electron chi connectivity index (χ1n) is 10.9. The molecule has 2 aliphatic rings. The van der Waals surface area contributed by atoms with Crippen LogP contribution >= 0.6 is 0 Å². The van der Waals surface area contributed by atoms with Gasteiger partial charge in [0, 0.05) is 30.3 Å². The summed E-state index contributed by atoms with van der Waals surface area (Å²) in [7, 11) is 2.16. The molecule has 3 nitrogen and oxygen atoms in total. The van der Waals surface area contributed by atoms with E-state index < -0.39 is 0 Å². The third kappa shape index (κ3) is 3.40. The fourth-order valence-corrected chi connectivity index (χ4v) is 4.86. The van der Waals surface area contributed by atoms with Crippen molar-refractivity contribution in [2.75, 3.05) is 7.05 Å². The van der Waals surface area contributed by atoms with E-state index in [4.69, 9.17) is 5.10 Å². The molecule has 2 aliphatic heterocycles. The Balaban J connectivity index is 1.52. The molecular formula is C28H28N3+. The van der Waals surface area contributed by atoms with Gasteiger partial charge in [-0.3, -0.25) is 5.01 Å². The number of para-hydroxylation sites is 1. The molecule has 3 heteroatoms. The van der Waals surface area contributed by atoms with E-state index in [9.17, 15) is 0 Å². The van der Waals surface area contributed by atoms with Gasteiger partial charge in [-0.2, -0.15) is 9.68 Å². The van der Waals surface area contributed by atoms with Crippen LogP contribution < -0.4 is 0 Å². The van der Waals surface area contributed by atoms with Crippen LogP contribution in [-0.4, -0.2) is 28.1 Å². The molecule has 0 aliphatic carbocycles. The monoisotopic (exact) mass is 406 g/mol. The van der Waals surface area contributed by atoms with Crippen molar-refractivity contribution in [2.24, 2.45) is 5.10 Å². The SMILES string of the molecule is C[N+]1=C(/C=C/N2N=C(c3ccccc3)CC2c2ccccc2)C(C)(C)c2ccccc21. The quantitative estimate of drug-likeness (QED) is 0.482. The van der Waals surface area contributed by atoms with Crippen LogP contribution in [0.25, 0.3) is 0 Å². The van der Waals surface area contributed by atoms with Crippen molar-refractivity contribution in [3.63, 3.8) is 0 Å². The lowest BCUT2D eigenvalue weighted by molar-refractivity contribution is -0.401. The molecule has 31 heavy (non-hydrogen) atoms. The van der Waals surface area contributed by atoms with Crippen LogP contribution in [0.2, 0.25) is 0 Å². The van der Waals surface area contributed by atoms with E-state index in [1.54, 1.807) is 0 Å². The van der Waals surface area contributed by atoms with E-state index in [2.05, 4.69) is 128 Å². The minimum absolute atomic E-state index is 0.0458. The molecule has 154 valence electrons. The largest absolute Gasteiger partial charge is 0.264 e. The zero-order chi connectivity index (χ0) is 21.4. The van der Waals surface area contributed by atoms with Gasteiger partial charge in [0.2, 0.25) is 5.69 Å². The number of allylic oxidation sites excluding steroid dienone is 1. The Morgan fingerprint density at radius 3 is 2.26 bits per heavy atom. The molecule has 0 saturated heterocycles. The molecule has 1 atom stereocenters. The number of fused-ring (bicyclic) bond motifs is 1. The number of hydrogen-bond donors (Lipinski definition) is 0. The standard InChI is InChI=1S/C28H28N3/c1-28(2)23-16-10-11-17-25(23)30(3)27(28)18-19-31-26(22-14-8-5-9-15-22)20-24(29-31)21-12-6-4-7-13-21/h4-19,26H,20H2,1-3H3/q+1. The Morgan fingerprint density at radius 2 is 1.55 bits per heavy atom. The Morgan fingerprint density at radius 1 is 0.903 bits per heavy atom. The fraction of sp³-hybridized carbons (Fsp3) is 0.214. The van der Waals surface area contributed by atoms with Gasteiger partial charge in [0.15, 0.2) is 5.71 Å². The van der Waals surface area contributed by atoms with E-state index in [1.807, 2.05) is 0 Å². The lowest BCUT2D eigenvalue weighted by atomic mass is 9.81. The Hall–Kier alpha value is -3.46. The van der Waals surface area contributed by atoms with Crippen LogP contribution in [0.4, 0.5) is 5.69 Å². The molecule has 0 fully saturated rings. The number of hydrogen-bond acceptors (Lipinski definition) is 2. The molecular weight excluding hydrogens is 378 g/mol. The lowest BCUT2D eigenvalue weighted by Gasteiger charge is -2.21. The van der Waals surface area contributed by atoms with Crippen molar-refractivity contribution in [1.29, 1.82) is 0 Å². The number of hydrazone groups is 1. The van der Waals surface area contributed by atoms with Crippen LogP contribution in [-0.2, 0) is 5.41 Å². The highest BCUT2D eigenvalue weighted by molar-refractivity contribution is 6.03. The topological polar surface area (TPSA) is 18.6 Å². The van der Waals surface area contributed by atoms with Crippen LogP contribution in [0.3, 0.4) is 0 Å². The molecule has 2 heterocycles. The minimum atomic E-state index is -0.0458. The van der Waals surface area contributed by atoms with Gasteiger partial charge >= 0.3 is 0 Å². The van der Waals surface area contributed by atoms with Gasteiger partial charge in [0.25, 0.3) is 0 Å². The van der Waals surface area contributed by atoms with Gasteiger partial charge in [-0.25, -0.2) is 0 Å². The van der Waals surface area contributed by atoms with Crippen molar-refractivity contribution < 1.29 is 4.58 Å². The van der Waals surface area contributed by atoms with Crippen molar-refractivity contribution in [2.45, 2.75) is 31.7 Å². The Labute approximate surface area is 184 Å². The van der Waals surface area contributed by atoms with Crippen LogP contribution in [0.5, 0.6) is 0 Å². The average molecular weight is 407 g/mol. The van der Waals surface area contributed by atoms with E-state index in [0.717, 1.165) is 12.1 Å². The third-order valence-corrected chi connectivity index (χ3v) is 6.56. The summed E-state index contributed by atoms with van der Waals surface area (Å²) in [5.74, 6) is 0. The van der Waals surface area contributed by atoms with Crippen molar-refractivity contribution in [3.05, 3.63) is 114 Å². The van der Waals surface area contributed by atoms with E-state index in [1.165, 1.54) is 28.1 Å². The van der Waals surface area contributed by atoms with Crippen molar-refractivity contribution >= 4 is 17.1 Å². The molecule has 0 spiro atoms. The smallest absolute Gasteiger partial charge is 0.209 e. The lowest BCUT2D eigenvalue weighted by Crippen LogP contribution is -2.27. The molecule has 0 N–H and O–H groups in total. The van der Waals surface area contributed by atoms with E-state index in [0.29, 0.717) is 0 Å². The van der Waals surface area contributed by atoms with E-state index >= 15 is 0 Å². The molecule has 0 radical (unpaired) electrons. The predicted octanol–water partition coefficient (Wildman–Crippen LogP) is 6.06. The highest BCUT2D eigenvalue weighted by Crippen LogP contribution is 2.39. The maximum Gasteiger partial charge on any atom is 0.209 e. The highest BCUT2D eigenvalue weighted by atomic mass is 15.5. The average Bonchev–Trinajstić information content (AvgIpc) is 3.31. The predicted molar refractivity (Wildman–Crippen MR) is 128 cm³/mol. The van der Waals surface area contributed by atoms with Gasteiger partial charge in [-0.1, -0.05) is 78.9 Å². The second-order valence-electron chi connectivity index (χ2n) is 8.83. The summed E-state index contributed by atoms with van der Waals surface area (Å²) >= 11 is 0. The minimum Gasteiger partial charge on any atom is -0.264 e. The summed E-state index contributed by atoms with van der Waals surface area (Å²) in [6.07, 6.45) is 5.30. The first-order valence-corrected chi connectivity index (χ1v) is 10.9. The van der Waals surface area contributed by atoms with Crippen LogP contribution in [0.1, 0.15) is 43.0 Å². The summed E-state index contributed by atoms with van der Waals surface area (Å²) in [4.78, 5) is 0. The molecule has 3 aromatic rings. The molecule has 0 saturated carbocycles. The van der Waals surface area contributed by atoms with Crippen molar-refractivity contribution in [3.8, 4) is 0 Å². The molecule has 1 unspecified atom stereocenters. The fourth-order valence-electron chi connectivity index (χ4n) is 4.86. The van der Waals surface area contributed by atoms with Gasteiger partial charge in [0.05, 0.1) is 17.2 Å². The molecule has 0 bridgehead atoms. The molecule has 0 aromatic heterocycles. The summed E-state index contributed by atoms with van der Waals surface area (Å²) in [6, 6.07) is 30.1. The van der Waals surface area contributed by atoms with Gasteiger partial charge in [-0.05, 0) is 25.0 Å². The summed E-state index contributed by atoms with van der Waals surface area (Å²) in [5.41, 5.74) is 7.49. The number of benzene rings is 3. The summed E-state index contributed by atoms with van der Waals surface area (Å²) in [6.45, 7) is 4.60. The Kier molecular flexibility index (Phi) is 4.82. The first-order chi connectivity index (χ1) is 15.1. The second-order valence-corrected chi connectivity index (χ2v) is 8.83. The van der Waals surface area contributed by atoms with Crippen LogP contribution in [0, 0.1) is 0 Å². The maximum absolute atomic E-state index is 5.03. The summed E-state index contributed by atoms with van der Waals surface area (Å²) < 4.78 is 2.31. The third-order valence-electron chi connectivity index (χ3n) is 6.56. The van der Waals surface area contributed by atoms with Crippen molar-refractivity contribution in [1.82, 2.24) is 5.01 Å². The zero-order valence-corrected chi connectivity index (χ0v) is 18.4. The first kappa shape index (κ1) is 19.5. The number of nitrogens with zero attached hydrogens (tertiary/aromatic N) is 3. The zero-order valence-electron chi connectivity index (χ0n) is 18.4. The maximum atomic E-state index is 5.03. The normalized spacial score (nSPS) is 19.8. The van der Waals surface area contributed by atoms with E-state index in [-0.39, 0.29) is 11.5 Å². The number of rotatable bonds is 4. The van der Waals surface area contributed by atoms with Gasteiger partial charge in [-0.15, -0.1) is 0 Å². The summed E-state index contributed by atoms with van der Waals surface area (Å²) in [5, 5.41) is 7.17.